The monoisotopic (exact) mass is 265 g/mol. The molecule has 0 aromatic rings. The highest BCUT2D eigenvalue weighted by atomic mass is 16.4. The molecule has 0 aromatic carbocycles. The highest BCUT2D eigenvalue weighted by Gasteiger charge is 2.50. The third-order valence-electron chi connectivity index (χ3n) is 5.89. The molecule has 0 radical (unpaired) electrons. The molecule has 3 aliphatic rings. The van der Waals surface area contributed by atoms with Crippen LogP contribution in [0.1, 0.15) is 51.9 Å². The van der Waals surface area contributed by atoms with Crippen LogP contribution >= 0.6 is 0 Å². The van der Waals surface area contributed by atoms with Gasteiger partial charge in [-0.05, 0) is 62.3 Å². The van der Waals surface area contributed by atoms with E-state index in [1.54, 1.807) is 0 Å². The first-order valence-electron chi connectivity index (χ1n) is 8.11. The van der Waals surface area contributed by atoms with Crippen LogP contribution in [-0.2, 0) is 4.79 Å². The van der Waals surface area contributed by atoms with Crippen molar-refractivity contribution in [3.8, 4) is 0 Å². The summed E-state index contributed by atoms with van der Waals surface area (Å²) >= 11 is 0. The minimum Gasteiger partial charge on any atom is -0.481 e. The summed E-state index contributed by atoms with van der Waals surface area (Å²) in [5, 5.41) is 13.1. The van der Waals surface area contributed by atoms with Crippen molar-refractivity contribution in [1.29, 1.82) is 0 Å². The van der Waals surface area contributed by atoms with Crippen LogP contribution < -0.4 is 5.32 Å². The van der Waals surface area contributed by atoms with E-state index >= 15 is 0 Å². The normalized spacial score (nSPS) is 45.5. The van der Waals surface area contributed by atoms with Crippen molar-refractivity contribution in [2.24, 2.45) is 29.6 Å². The Morgan fingerprint density at radius 1 is 1.16 bits per heavy atom. The predicted molar refractivity (Wildman–Crippen MR) is 74.9 cm³/mol. The summed E-state index contributed by atoms with van der Waals surface area (Å²) in [4.78, 5) is 11.5. The number of hydrogen-bond acceptors (Lipinski definition) is 2. The summed E-state index contributed by atoms with van der Waals surface area (Å²) < 4.78 is 0. The molecule has 3 fully saturated rings. The number of nitrogens with one attached hydrogen (secondary N) is 1. The van der Waals surface area contributed by atoms with Gasteiger partial charge < -0.3 is 10.4 Å². The smallest absolute Gasteiger partial charge is 0.308 e. The summed E-state index contributed by atoms with van der Waals surface area (Å²) in [5.74, 6) is 2.03. The molecular weight excluding hydrogens is 238 g/mol. The Labute approximate surface area is 116 Å². The van der Waals surface area contributed by atoms with E-state index < -0.39 is 5.97 Å². The molecule has 0 spiro atoms. The third-order valence-corrected chi connectivity index (χ3v) is 5.89. The Morgan fingerprint density at radius 2 is 1.95 bits per heavy atom. The summed E-state index contributed by atoms with van der Waals surface area (Å²) in [6.45, 7) is 3.39. The van der Waals surface area contributed by atoms with Gasteiger partial charge in [0.25, 0.3) is 0 Å². The minimum absolute atomic E-state index is 0.111. The van der Waals surface area contributed by atoms with Gasteiger partial charge in [-0.3, -0.25) is 4.79 Å². The first kappa shape index (κ1) is 13.4. The highest BCUT2D eigenvalue weighted by molar-refractivity contribution is 5.72. The lowest BCUT2D eigenvalue weighted by atomic mass is 9.81. The Balaban J connectivity index is 1.55. The average Bonchev–Trinajstić information content (AvgIpc) is 2.96. The first-order valence-corrected chi connectivity index (χ1v) is 8.11. The Hall–Kier alpha value is -0.570. The standard InChI is InChI=1S/C16H27NO2/c1-10-3-2-4-11(7-10)9-17-15-13-6-5-12(8-13)14(15)16(18)19/h10-15,17H,2-9H2,1H3,(H,18,19). The fourth-order valence-electron chi connectivity index (χ4n) is 4.99. The zero-order valence-electron chi connectivity index (χ0n) is 12.0. The van der Waals surface area contributed by atoms with Crippen molar-refractivity contribution in [1.82, 2.24) is 5.32 Å². The van der Waals surface area contributed by atoms with E-state index in [1.807, 2.05) is 0 Å². The summed E-state index contributed by atoms with van der Waals surface area (Å²) in [7, 11) is 0. The molecule has 0 saturated heterocycles. The largest absolute Gasteiger partial charge is 0.481 e. The molecule has 19 heavy (non-hydrogen) atoms. The minimum atomic E-state index is -0.568. The van der Waals surface area contributed by atoms with Crippen molar-refractivity contribution >= 4 is 5.97 Å². The van der Waals surface area contributed by atoms with Gasteiger partial charge in [-0.1, -0.05) is 19.8 Å². The molecule has 2 bridgehead atoms. The van der Waals surface area contributed by atoms with Crippen LogP contribution in [0, 0.1) is 29.6 Å². The predicted octanol–water partition coefficient (Wildman–Crippen LogP) is 2.90. The molecule has 3 heteroatoms. The maximum Gasteiger partial charge on any atom is 0.308 e. The zero-order chi connectivity index (χ0) is 13.4. The average molecular weight is 265 g/mol. The maximum atomic E-state index is 11.5. The molecule has 3 rings (SSSR count). The molecular formula is C16H27NO2. The summed E-state index contributed by atoms with van der Waals surface area (Å²) in [6.07, 6.45) is 8.92. The Bertz CT molecular complexity index is 344. The van der Waals surface area contributed by atoms with Gasteiger partial charge in [0.1, 0.15) is 0 Å². The van der Waals surface area contributed by atoms with Crippen molar-refractivity contribution in [2.45, 2.75) is 57.9 Å². The third kappa shape index (κ3) is 2.67. The van der Waals surface area contributed by atoms with Crippen LogP contribution in [-0.4, -0.2) is 23.7 Å². The lowest BCUT2D eigenvalue weighted by Crippen LogP contribution is -2.46. The molecule has 2 N–H and O–H groups in total. The number of carboxylic acid groups (broad SMARTS) is 1. The van der Waals surface area contributed by atoms with E-state index in [1.165, 1.54) is 32.1 Å². The van der Waals surface area contributed by atoms with E-state index in [9.17, 15) is 9.90 Å². The quantitative estimate of drug-likeness (QED) is 0.821. The van der Waals surface area contributed by atoms with Gasteiger partial charge in [0.2, 0.25) is 0 Å². The van der Waals surface area contributed by atoms with Gasteiger partial charge in [0, 0.05) is 6.04 Å². The van der Waals surface area contributed by atoms with Crippen LogP contribution in [0.4, 0.5) is 0 Å². The number of fused-ring (bicyclic) bond motifs is 2. The van der Waals surface area contributed by atoms with Gasteiger partial charge in [-0.25, -0.2) is 0 Å². The van der Waals surface area contributed by atoms with Gasteiger partial charge in [0.05, 0.1) is 5.92 Å². The molecule has 0 heterocycles. The van der Waals surface area contributed by atoms with Crippen LogP contribution in [0.2, 0.25) is 0 Å². The van der Waals surface area contributed by atoms with Gasteiger partial charge in [-0.2, -0.15) is 0 Å². The molecule has 6 atom stereocenters. The summed E-state index contributed by atoms with van der Waals surface area (Å²) in [5.41, 5.74) is 0. The fourth-order valence-corrected chi connectivity index (χ4v) is 4.99. The van der Waals surface area contributed by atoms with E-state index in [0.717, 1.165) is 31.2 Å². The van der Waals surface area contributed by atoms with Gasteiger partial charge in [-0.15, -0.1) is 0 Å². The molecule has 108 valence electrons. The number of hydrogen-bond donors (Lipinski definition) is 2. The van der Waals surface area contributed by atoms with Gasteiger partial charge in [0.15, 0.2) is 0 Å². The van der Waals surface area contributed by atoms with E-state index in [0.29, 0.717) is 11.8 Å². The van der Waals surface area contributed by atoms with Crippen LogP contribution in [0.3, 0.4) is 0 Å². The van der Waals surface area contributed by atoms with E-state index in [4.69, 9.17) is 0 Å². The number of rotatable bonds is 4. The molecule has 0 aromatic heterocycles. The van der Waals surface area contributed by atoms with Crippen molar-refractivity contribution in [2.75, 3.05) is 6.54 Å². The fraction of sp³-hybridized carbons (Fsp3) is 0.938. The summed E-state index contributed by atoms with van der Waals surface area (Å²) in [6, 6.07) is 0.258. The second-order valence-electron chi connectivity index (χ2n) is 7.27. The number of carbonyl (C=O) groups is 1. The topological polar surface area (TPSA) is 49.3 Å². The molecule has 0 amide bonds. The molecule has 6 unspecified atom stereocenters. The van der Waals surface area contributed by atoms with E-state index in [-0.39, 0.29) is 12.0 Å². The van der Waals surface area contributed by atoms with Crippen molar-refractivity contribution in [3.63, 3.8) is 0 Å². The lowest BCUT2D eigenvalue weighted by Gasteiger charge is -2.32. The molecule has 3 nitrogen and oxygen atoms in total. The van der Waals surface area contributed by atoms with Gasteiger partial charge >= 0.3 is 5.97 Å². The second-order valence-corrected chi connectivity index (χ2v) is 7.27. The number of aliphatic carboxylic acids is 1. The molecule has 3 aliphatic carbocycles. The first-order chi connectivity index (χ1) is 9.15. The number of carboxylic acids is 1. The van der Waals surface area contributed by atoms with Crippen LogP contribution in [0.25, 0.3) is 0 Å². The molecule has 3 saturated carbocycles. The van der Waals surface area contributed by atoms with Crippen LogP contribution in [0.5, 0.6) is 0 Å². The highest BCUT2D eigenvalue weighted by Crippen LogP contribution is 2.48. The Kier molecular flexibility index (Phi) is 3.84. The lowest BCUT2D eigenvalue weighted by molar-refractivity contribution is -0.144. The molecule has 0 aliphatic heterocycles. The SMILES string of the molecule is CC1CCCC(CNC2C3CCC(C3)C2C(=O)O)C1. The van der Waals surface area contributed by atoms with Crippen molar-refractivity contribution < 1.29 is 9.90 Å². The Morgan fingerprint density at radius 3 is 2.68 bits per heavy atom. The zero-order valence-corrected chi connectivity index (χ0v) is 12.0. The maximum absolute atomic E-state index is 11.5. The van der Waals surface area contributed by atoms with E-state index in [2.05, 4.69) is 12.2 Å². The van der Waals surface area contributed by atoms with Crippen molar-refractivity contribution in [3.05, 3.63) is 0 Å². The van der Waals surface area contributed by atoms with Crippen LogP contribution in [0.15, 0.2) is 0 Å². The second kappa shape index (κ2) is 5.43.